The maximum Gasteiger partial charge on any atom is 0.376 e. The Morgan fingerprint density at radius 2 is 2.00 bits per heavy atom. The summed E-state index contributed by atoms with van der Waals surface area (Å²) in [4.78, 5) is 10.6. The molecule has 13 heavy (non-hydrogen) atoms. The minimum Gasteiger partial charge on any atom is -0.413 e. The molecule has 0 aromatic heterocycles. The molecule has 0 aliphatic carbocycles. The molecule has 0 aliphatic rings. The van der Waals surface area contributed by atoms with E-state index in [0.29, 0.717) is 0 Å². The molecule has 1 N–H and O–H groups in total. The summed E-state index contributed by atoms with van der Waals surface area (Å²) in [5.74, 6) is -1.03. The van der Waals surface area contributed by atoms with E-state index in [9.17, 15) is 17.6 Å². The van der Waals surface area contributed by atoms with Gasteiger partial charge in [-0.2, -0.15) is 12.8 Å². The summed E-state index contributed by atoms with van der Waals surface area (Å²) < 4.78 is 46.4. The SMILES string of the molecule is CCC(=O)OC(F)(CC)S(=O)(=O)O. The third kappa shape index (κ3) is 2.92. The maximum atomic E-state index is 13.2. The van der Waals surface area contributed by atoms with Crippen LogP contribution in [0.2, 0.25) is 0 Å². The second-order valence-electron chi connectivity index (χ2n) is 2.32. The first-order valence-electron chi connectivity index (χ1n) is 3.64. The van der Waals surface area contributed by atoms with Crippen LogP contribution >= 0.6 is 0 Å². The summed E-state index contributed by atoms with van der Waals surface area (Å²) in [5.41, 5.74) is 0. The lowest BCUT2D eigenvalue weighted by Gasteiger charge is -2.19. The van der Waals surface area contributed by atoms with Crippen LogP contribution in [-0.2, 0) is 19.6 Å². The highest BCUT2D eigenvalue weighted by Crippen LogP contribution is 2.24. The lowest BCUT2D eigenvalue weighted by Crippen LogP contribution is -2.37. The van der Waals surface area contributed by atoms with Crippen LogP contribution in [0.25, 0.3) is 0 Å². The first-order valence-corrected chi connectivity index (χ1v) is 5.08. The Hall–Kier alpha value is -0.690. The highest BCUT2D eigenvalue weighted by atomic mass is 32.2. The molecule has 0 bridgehead atoms. The molecule has 7 heteroatoms. The van der Waals surface area contributed by atoms with E-state index in [1.807, 2.05) is 0 Å². The minimum absolute atomic E-state index is 0.165. The normalized spacial score (nSPS) is 16.3. The van der Waals surface area contributed by atoms with Gasteiger partial charge in [-0.3, -0.25) is 9.35 Å². The van der Waals surface area contributed by atoms with Crippen molar-refractivity contribution < 1.29 is 26.9 Å². The molecule has 0 radical (unpaired) electrons. The van der Waals surface area contributed by atoms with Crippen molar-refractivity contribution in [2.75, 3.05) is 0 Å². The van der Waals surface area contributed by atoms with Crippen molar-refractivity contribution in [2.24, 2.45) is 0 Å². The van der Waals surface area contributed by atoms with Crippen molar-refractivity contribution >= 4 is 16.1 Å². The highest BCUT2D eigenvalue weighted by molar-refractivity contribution is 7.86. The van der Waals surface area contributed by atoms with Crippen LogP contribution in [0, 0.1) is 0 Å². The molecule has 0 aliphatic heterocycles. The molecule has 1 unspecified atom stereocenters. The summed E-state index contributed by atoms with van der Waals surface area (Å²) in [6, 6.07) is 0. The third-order valence-electron chi connectivity index (χ3n) is 1.36. The van der Waals surface area contributed by atoms with Crippen LogP contribution in [0.3, 0.4) is 0 Å². The Morgan fingerprint density at radius 3 is 2.23 bits per heavy atom. The second-order valence-corrected chi connectivity index (χ2v) is 3.88. The van der Waals surface area contributed by atoms with E-state index in [4.69, 9.17) is 4.55 Å². The van der Waals surface area contributed by atoms with Gasteiger partial charge in [0.05, 0.1) is 0 Å². The number of alkyl halides is 1. The van der Waals surface area contributed by atoms with E-state index in [2.05, 4.69) is 4.74 Å². The van der Waals surface area contributed by atoms with Gasteiger partial charge in [-0.05, 0) is 0 Å². The van der Waals surface area contributed by atoms with Gasteiger partial charge in [0.2, 0.25) is 0 Å². The van der Waals surface area contributed by atoms with Crippen LogP contribution in [0.1, 0.15) is 26.7 Å². The molecular weight excluding hydrogens is 203 g/mol. The Kier molecular flexibility index (Phi) is 3.80. The molecule has 0 aromatic rings. The minimum atomic E-state index is -5.03. The number of hydrogen-bond acceptors (Lipinski definition) is 4. The predicted molar refractivity (Wildman–Crippen MR) is 42.1 cm³/mol. The van der Waals surface area contributed by atoms with Gasteiger partial charge in [0, 0.05) is 12.8 Å². The quantitative estimate of drug-likeness (QED) is 0.554. The smallest absolute Gasteiger partial charge is 0.376 e. The van der Waals surface area contributed by atoms with Crippen LogP contribution in [0.15, 0.2) is 0 Å². The number of carbonyl (C=O) groups is 1. The summed E-state index contributed by atoms with van der Waals surface area (Å²) in [7, 11) is -5.03. The molecular formula is C6H11FO5S. The van der Waals surface area contributed by atoms with E-state index >= 15 is 0 Å². The molecule has 1 atom stereocenters. The standard InChI is InChI=1S/C6H11FO5S/c1-3-5(8)12-6(7,4-2)13(9,10)11/h3-4H2,1-2H3,(H,9,10,11). The van der Waals surface area contributed by atoms with Crippen LogP contribution in [0.4, 0.5) is 4.39 Å². The zero-order valence-electron chi connectivity index (χ0n) is 7.28. The van der Waals surface area contributed by atoms with Gasteiger partial charge in [0.1, 0.15) is 0 Å². The summed E-state index contributed by atoms with van der Waals surface area (Å²) in [6.45, 7) is 2.51. The average molecular weight is 214 g/mol. The van der Waals surface area contributed by atoms with Gasteiger partial charge >= 0.3 is 21.3 Å². The second kappa shape index (κ2) is 4.01. The molecule has 0 heterocycles. The Bertz CT molecular complexity index is 285. The number of ether oxygens (including phenoxy) is 1. The summed E-state index contributed by atoms with van der Waals surface area (Å²) in [5, 5.41) is -3.32. The molecule has 78 valence electrons. The van der Waals surface area contributed by atoms with Crippen LogP contribution in [0.5, 0.6) is 0 Å². The number of hydrogen-bond donors (Lipinski definition) is 1. The molecule has 0 saturated heterocycles. The van der Waals surface area contributed by atoms with Gasteiger partial charge in [-0.1, -0.05) is 13.8 Å². The zero-order chi connectivity index (χ0) is 10.7. The van der Waals surface area contributed by atoms with Crippen molar-refractivity contribution in [3.63, 3.8) is 0 Å². The van der Waals surface area contributed by atoms with Gasteiger partial charge < -0.3 is 4.74 Å². The molecule has 0 spiro atoms. The first-order chi connectivity index (χ1) is 5.77. The maximum absolute atomic E-state index is 13.2. The van der Waals surface area contributed by atoms with Gasteiger partial charge in [0.25, 0.3) is 0 Å². The van der Waals surface area contributed by atoms with E-state index in [-0.39, 0.29) is 6.42 Å². The van der Waals surface area contributed by atoms with Crippen molar-refractivity contribution in [2.45, 2.75) is 31.9 Å². The Morgan fingerprint density at radius 1 is 1.54 bits per heavy atom. The highest BCUT2D eigenvalue weighted by Gasteiger charge is 2.45. The van der Waals surface area contributed by atoms with E-state index in [1.54, 1.807) is 0 Å². The van der Waals surface area contributed by atoms with E-state index in [1.165, 1.54) is 6.92 Å². The van der Waals surface area contributed by atoms with Gasteiger partial charge in [-0.25, -0.2) is 0 Å². The Balaban J connectivity index is 4.77. The van der Waals surface area contributed by atoms with Gasteiger partial charge in [0.15, 0.2) is 0 Å². The fourth-order valence-electron chi connectivity index (χ4n) is 0.549. The molecule has 0 saturated carbocycles. The molecule has 0 fully saturated rings. The largest absolute Gasteiger partial charge is 0.413 e. The lowest BCUT2D eigenvalue weighted by atomic mass is 10.4. The fourth-order valence-corrected chi connectivity index (χ4v) is 1.11. The zero-order valence-corrected chi connectivity index (χ0v) is 8.10. The molecule has 0 rings (SSSR count). The van der Waals surface area contributed by atoms with Crippen molar-refractivity contribution in [3.05, 3.63) is 0 Å². The molecule has 5 nitrogen and oxygen atoms in total. The monoisotopic (exact) mass is 214 g/mol. The number of rotatable bonds is 4. The topological polar surface area (TPSA) is 80.7 Å². The number of halogens is 1. The van der Waals surface area contributed by atoms with Crippen LogP contribution in [-0.4, -0.2) is 24.1 Å². The summed E-state index contributed by atoms with van der Waals surface area (Å²) in [6.07, 6.45) is -0.821. The molecule has 0 aromatic carbocycles. The Labute approximate surface area is 75.6 Å². The van der Waals surface area contributed by atoms with Crippen molar-refractivity contribution in [1.29, 1.82) is 0 Å². The fraction of sp³-hybridized carbons (Fsp3) is 0.833. The van der Waals surface area contributed by atoms with E-state index in [0.717, 1.165) is 6.92 Å². The molecule has 0 amide bonds. The van der Waals surface area contributed by atoms with E-state index < -0.39 is 27.7 Å². The number of carbonyl (C=O) groups excluding carboxylic acids is 1. The van der Waals surface area contributed by atoms with Crippen LogP contribution < -0.4 is 0 Å². The van der Waals surface area contributed by atoms with Crippen molar-refractivity contribution in [3.8, 4) is 0 Å². The first kappa shape index (κ1) is 12.3. The number of esters is 1. The van der Waals surface area contributed by atoms with Crippen molar-refractivity contribution in [1.82, 2.24) is 0 Å². The predicted octanol–water partition coefficient (Wildman–Crippen LogP) is 0.861. The lowest BCUT2D eigenvalue weighted by molar-refractivity contribution is -0.165. The third-order valence-corrected chi connectivity index (χ3v) is 2.50. The van der Waals surface area contributed by atoms with Gasteiger partial charge in [-0.15, -0.1) is 0 Å². The average Bonchev–Trinajstić information content (AvgIpc) is 2.02. The summed E-state index contributed by atoms with van der Waals surface area (Å²) >= 11 is 0.